The Labute approximate surface area is 210 Å². The molecule has 1 aromatic carbocycles. The van der Waals surface area contributed by atoms with Crippen molar-refractivity contribution in [3.8, 4) is 0 Å². The van der Waals surface area contributed by atoms with Crippen molar-refractivity contribution < 1.29 is 18.0 Å². The van der Waals surface area contributed by atoms with Crippen molar-refractivity contribution in [3.05, 3.63) is 61.2 Å². The number of carbonyl (C=O) groups excluding carboxylic acids is 1. The molecule has 0 saturated carbocycles. The fourth-order valence-electron chi connectivity index (χ4n) is 4.99. The van der Waals surface area contributed by atoms with E-state index >= 15 is 0 Å². The van der Waals surface area contributed by atoms with Gasteiger partial charge < -0.3 is 15.2 Å². The number of anilines is 1. The molecule has 0 bridgehead atoms. The molecule has 2 N–H and O–H groups in total. The first-order chi connectivity index (χ1) is 16.5. The molecule has 0 atom stereocenters. The van der Waals surface area contributed by atoms with E-state index in [4.69, 9.17) is 11.6 Å². The summed E-state index contributed by atoms with van der Waals surface area (Å²) in [5.41, 5.74) is 0.403. The molecular weight excluding hydrogens is 553 g/mol. The van der Waals surface area contributed by atoms with Gasteiger partial charge in [-0.3, -0.25) is 9.59 Å². The minimum Gasteiger partial charge on any atom is -0.323 e. The van der Waals surface area contributed by atoms with E-state index in [0.29, 0.717) is 11.3 Å². The van der Waals surface area contributed by atoms with Crippen molar-refractivity contribution in [3.63, 3.8) is 0 Å². The molecular formula is C22H19BrClF3N6O2. The van der Waals surface area contributed by atoms with Gasteiger partial charge in [-0.1, -0.05) is 17.7 Å². The smallest absolute Gasteiger partial charge is 0.323 e. The van der Waals surface area contributed by atoms with E-state index in [1.54, 1.807) is 4.57 Å². The molecule has 35 heavy (non-hydrogen) atoms. The first-order valence-electron chi connectivity index (χ1n) is 10.8. The number of allylic oxidation sites excluding steroid dienone is 2. The maximum Gasteiger partial charge on any atom is 0.416 e. The van der Waals surface area contributed by atoms with Crippen molar-refractivity contribution in [1.29, 1.82) is 0 Å². The Morgan fingerprint density at radius 2 is 2.03 bits per heavy atom. The van der Waals surface area contributed by atoms with Crippen molar-refractivity contribution in [2.75, 3.05) is 18.4 Å². The highest BCUT2D eigenvalue weighted by Crippen LogP contribution is 2.44. The number of piperidine rings is 1. The number of alkyl halides is 3. The third kappa shape index (κ3) is 4.07. The highest BCUT2D eigenvalue weighted by atomic mass is 79.9. The van der Waals surface area contributed by atoms with E-state index in [1.807, 2.05) is 6.92 Å². The largest absolute Gasteiger partial charge is 0.416 e. The molecule has 1 saturated heterocycles. The zero-order chi connectivity index (χ0) is 25.1. The Balaban J connectivity index is 1.56. The summed E-state index contributed by atoms with van der Waals surface area (Å²) >= 11 is 9.21. The summed E-state index contributed by atoms with van der Waals surface area (Å²) in [6.07, 6.45) is -1.03. The number of nitrogens with zero attached hydrogens (tertiary/aromatic N) is 4. The molecule has 0 radical (unpaired) electrons. The molecule has 1 aliphatic carbocycles. The standard InChI is InChI=1S/C22H19BrClF3N6O2/c1-11-9-21(4-6-28-7-5-21)16-17(11)32(20-30-19(23)31-33(20)18(16)35)10-15(34)29-14-3-2-12(8-13(14)24)22(25,26)27/h2-3,8-9,28H,4-7,10H2,1H3,(H,29,34). The lowest BCUT2D eigenvalue weighted by atomic mass is 9.76. The molecule has 1 fully saturated rings. The molecule has 2 aromatic heterocycles. The van der Waals surface area contributed by atoms with Gasteiger partial charge in [0.15, 0.2) is 0 Å². The van der Waals surface area contributed by atoms with Crippen LogP contribution in [0.1, 0.15) is 36.6 Å². The lowest BCUT2D eigenvalue weighted by Crippen LogP contribution is -2.42. The normalized spacial score (nSPS) is 17.0. The van der Waals surface area contributed by atoms with Gasteiger partial charge in [0.05, 0.1) is 27.5 Å². The predicted molar refractivity (Wildman–Crippen MR) is 127 cm³/mol. The van der Waals surface area contributed by atoms with Crippen molar-refractivity contribution >= 4 is 50.5 Å². The van der Waals surface area contributed by atoms with Crippen LogP contribution in [-0.2, 0) is 22.9 Å². The van der Waals surface area contributed by atoms with Gasteiger partial charge in [0.25, 0.3) is 5.56 Å². The molecule has 1 aliphatic heterocycles. The second-order valence-corrected chi connectivity index (χ2v) is 9.80. The van der Waals surface area contributed by atoms with Gasteiger partial charge in [-0.15, -0.1) is 5.10 Å². The number of rotatable bonds is 3. The highest BCUT2D eigenvalue weighted by Gasteiger charge is 2.43. The van der Waals surface area contributed by atoms with Gasteiger partial charge >= 0.3 is 6.18 Å². The Hall–Kier alpha value is -2.70. The monoisotopic (exact) mass is 570 g/mol. The second kappa shape index (κ2) is 8.45. The van der Waals surface area contributed by atoms with Gasteiger partial charge in [-0.25, -0.2) is 0 Å². The van der Waals surface area contributed by atoms with Crippen molar-refractivity contribution in [1.82, 2.24) is 24.5 Å². The number of carbonyl (C=O) groups is 1. The minimum absolute atomic E-state index is 0.0446. The Morgan fingerprint density at radius 1 is 1.31 bits per heavy atom. The van der Waals surface area contributed by atoms with Gasteiger partial charge in [0, 0.05) is 5.41 Å². The van der Waals surface area contributed by atoms with Crippen LogP contribution in [0.25, 0.3) is 11.4 Å². The Morgan fingerprint density at radius 3 is 2.69 bits per heavy atom. The van der Waals surface area contributed by atoms with E-state index < -0.39 is 23.1 Å². The number of hydrogen-bond donors (Lipinski definition) is 2. The van der Waals surface area contributed by atoms with Crippen LogP contribution in [0.4, 0.5) is 18.9 Å². The van der Waals surface area contributed by atoms with Crippen LogP contribution in [0.3, 0.4) is 0 Å². The highest BCUT2D eigenvalue weighted by molar-refractivity contribution is 9.10. The van der Waals surface area contributed by atoms with E-state index in [9.17, 15) is 22.8 Å². The minimum atomic E-state index is -4.55. The van der Waals surface area contributed by atoms with E-state index in [2.05, 4.69) is 42.7 Å². The first kappa shape index (κ1) is 24.0. The first-order valence-corrected chi connectivity index (χ1v) is 11.9. The number of amides is 1. The molecule has 3 aromatic rings. The van der Waals surface area contributed by atoms with Crippen LogP contribution in [0.15, 0.2) is 33.8 Å². The van der Waals surface area contributed by atoms with Crippen LogP contribution < -0.4 is 16.2 Å². The van der Waals surface area contributed by atoms with Gasteiger partial charge in [-0.2, -0.15) is 22.7 Å². The molecule has 1 spiro atoms. The average molecular weight is 572 g/mol. The molecule has 0 unspecified atom stereocenters. The van der Waals surface area contributed by atoms with Crippen LogP contribution in [0, 0.1) is 0 Å². The summed E-state index contributed by atoms with van der Waals surface area (Å²) in [4.78, 5) is 30.8. The van der Waals surface area contributed by atoms with E-state index in [-0.39, 0.29) is 33.3 Å². The summed E-state index contributed by atoms with van der Waals surface area (Å²) < 4.78 is 41.8. The lowest BCUT2D eigenvalue weighted by molar-refractivity contribution is -0.137. The average Bonchev–Trinajstić information content (AvgIpc) is 3.30. The Kier molecular flexibility index (Phi) is 5.80. The summed E-state index contributed by atoms with van der Waals surface area (Å²) in [5, 5.41) is 9.82. The number of fused-ring (bicyclic) bond motifs is 3. The van der Waals surface area contributed by atoms with Crippen LogP contribution >= 0.6 is 27.5 Å². The third-order valence-electron chi connectivity index (χ3n) is 6.45. The maximum absolute atomic E-state index is 13.5. The summed E-state index contributed by atoms with van der Waals surface area (Å²) in [6.45, 7) is 3.12. The fourth-order valence-corrected chi connectivity index (χ4v) is 5.53. The summed E-state index contributed by atoms with van der Waals surface area (Å²) in [5.74, 6) is -0.370. The third-order valence-corrected chi connectivity index (χ3v) is 7.10. The summed E-state index contributed by atoms with van der Waals surface area (Å²) in [6, 6.07) is 2.72. The fraction of sp³-hybridized carbons (Fsp3) is 0.364. The van der Waals surface area contributed by atoms with Crippen molar-refractivity contribution in [2.45, 2.75) is 37.9 Å². The van der Waals surface area contributed by atoms with Crippen LogP contribution in [-0.4, -0.2) is 38.2 Å². The SMILES string of the molecule is CC1=CC2(CCNCC2)c2c1n(CC(=O)Nc1ccc(C(F)(F)F)cc1Cl)c1nc(Br)nn1c2=O. The number of hydrogen-bond acceptors (Lipinski definition) is 5. The van der Waals surface area contributed by atoms with Gasteiger partial charge in [-0.05, 0) is 72.6 Å². The molecule has 13 heteroatoms. The topological polar surface area (TPSA) is 93.3 Å². The van der Waals surface area contributed by atoms with Crippen LogP contribution in [0.5, 0.6) is 0 Å². The Bertz CT molecular complexity index is 1460. The van der Waals surface area contributed by atoms with Crippen molar-refractivity contribution in [2.24, 2.45) is 0 Å². The van der Waals surface area contributed by atoms with Gasteiger partial charge in [0.2, 0.25) is 16.4 Å². The molecule has 3 heterocycles. The second-order valence-electron chi connectivity index (χ2n) is 8.68. The lowest BCUT2D eigenvalue weighted by Gasteiger charge is -2.33. The number of aromatic nitrogens is 4. The molecule has 184 valence electrons. The van der Waals surface area contributed by atoms with E-state index in [1.165, 1.54) is 4.52 Å². The maximum atomic E-state index is 13.5. The van der Waals surface area contributed by atoms with Crippen LogP contribution in [0.2, 0.25) is 5.02 Å². The molecule has 5 rings (SSSR count). The molecule has 1 amide bonds. The zero-order valence-electron chi connectivity index (χ0n) is 18.3. The predicted octanol–water partition coefficient (Wildman–Crippen LogP) is 4.00. The molecule has 8 nitrogen and oxygen atoms in total. The molecule has 2 aliphatic rings. The number of benzene rings is 1. The van der Waals surface area contributed by atoms with E-state index in [0.717, 1.165) is 49.7 Å². The number of nitrogens with one attached hydrogen (secondary N) is 2. The number of halogens is 5. The van der Waals surface area contributed by atoms with Gasteiger partial charge in [0.1, 0.15) is 6.54 Å². The summed E-state index contributed by atoms with van der Waals surface area (Å²) in [7, 11) is 0. The quantitative estimate of drug-likeness (QED) is 0.496. The zero-order valence-corrected chi connectivity index (χ0v) is 20.7.